The average Bonchev–Trinajstić information content (AvgIpc) is 2.75. The predicted octanol–water partition coefficient (Wildman–Crippen LogP) is 2.30. The average molecular weight is 399 g/mol. The van der Waals surface area contributed by atoms with E-state index < -0.39 is 0 Å². The lowest BCUT2D eigenvalue weighted by atomic mass is 10.3. The monoisotopic (exact) mass is 399 g/mol. The van der Waals surface area contributed by atoms with Crippen LogP contribution in [-0.2, 0) is 4.74 Å². The fourth-order valence-corrected chi connectivity index (χ4v) is 2.44. The first-order chi connectivity index (χ1) is 14.2. The summed E-state index contributed by atoms with van der Waals surface area (Å²) in [5.74, 6) is 1.26. The molecule has 0 fully saturated rings. The summed E-state index contributed by atoms with van der Waals surface area (Å²) >= 11 is 0. The Bertz CT molecular complexity index is 768. The van der Waals surface area contributed by atoms with Crippen LogP contribution in [0.15, 0.2) is 53.8 Å². The zero-order chi connectivity index (χ0) is 20.7. The number of aromatic nitrogens is 1. The summed E-state index contributed by atoms with van der Waals surface area (Å²) in [5, 5.41) is 9.27. The van der Waals surface area contributed by atoms with E-state index in [1.165, 1.54) is 6.20 Å². The molecule has 0 spiro atoms. The van der Waals surface area contributed by atoms with Gasteiger partial charge in [-0.15, -0.1) is 0 Å². The molecule has 8 nitrogen and oxygen atoms in total. The van der Waals surface area contributed by atoms with E-state index in [4.69, 9.17) is 9.47 Å². The lowest BCUT2D eigenvalue weighted by Crippen LogP contribution is -2.32. The van der Waals surface area contributed by atoms with Gasteiger partial charge in [0.25, 0.3) is 5.91 Å². The van der Waals surface area contributed by atoms with Crippen LogP contribution in [0.5, 0.6) is 5.75 Å². The number of rotatable bonds is 11. The Balaban J connectivity index is 1.84. The molecule has 156 valence electrons. The molecule has 8 heteroatoms. The van der Waals surface area contributed by atoms with Crippen LogP contribution >= 0.6 is 0 Å². The van der Waals surface area contributed by atoms with Gasteiger partial charge in [-0.25, -0.2) is 0 Å². The first kappa shape index (κ1) is 22.2. The van der Waals surface area contributed by atoms with Gasteiger partial charge < -0.3 is 25.4 Å². The van der Waals surface area contributed by atoms with Crippen molar-refractivity contribution in [3.05, 3.63) is 54.4 Å². The Morgan fingerprint density at radius 3 is 2.83 bits per heavy atom. The van der Waals surface area contributed by atoms with Gasteiger partial charge in [0.2, 0.25) is 0 Å². The molecule has 0 aliphatic rings. The van der Waals surface area contributed by atoms with E-state index in [0.717, 1.165) is 24.4 Å². The zero-order valence-corrected chi connectivity index (χ0v) is 17.0. The first-order valence-corrected chi connectivity index (χ1v) is 9.68. The van der Waals surface area contributed by atoms with Gasteiger partial charge in [0.05, 0.1) is 18.7 Å². The molecule has 1 aromatic carbocycles. The van der Waals surface area contributed by atoms with Gasteiger partial charge in [-0.1, -0.05) is 6.07 Å². The van der Waals surface area contributed by atoms with Crippen LogP contribution in [0.2, 0.25) is 0 Å². The van der Waals surface area contributed by atoms with E-state index in [2.05, 4.69) is 25.9 Å². The number of nitrogens with one attached hydrogen (secondary N) is 3. The largest absolute Gasteiger partial charge is 0.493 e. The second-order valence-electron chi connectivity index (χ2n) is 6.11. The number of benzene rings is 1. The number of carbonyl (C=O) groups is 1. The number of carbonyl (C=O) groups excluding carboxylic acids is 1. The van der Waals surface area contributed by atoms with Crippen LogP contribution in [0.1, 0.15) is 23.7 Å². The van der Waals surface area contributed by atoms with E-state index in [1.54, 1.807) is 25.4 Å². The third-order valence-corrected chi connectivity index (χ3v) is 3.79. The van der Waals surface area contributed by atoms with Gasteiger partial charge in [-0.05, 0) is 31.2 Å². The quantitative estimate of drug-likeness (QED) is 0.305. The highest BCUT2D eigenvalue weighted by molar-refractivity contribution is 5.94. The third kappa shape index (κ3) is 8.61. The van der Waals surface area contributed by atoms with Crippen molar-refractivity contribution in [3.63, 3.8) is 0 Å². The van der Waals surface area contributed by atoms with Gasteiger partial charge in [0.15, 0.2) is 5.96 Å². The number of pyridine rings is 1. The van der Waals surface area contributed by atoms with Crippen LogP contribution in [-0.4, -0.2) is 56.8 Å². The minimum atomic E-state index is -0.162. The normalized spacial score (nSPS) is 11.0. The molecule has 2 aromatic rings. The van der Waals surface area contributed by atoms with E-state index >= 15 is 0 Å². The molecule has 2 rings (SSSR count). The molecule has 29 heavy (non-hydrogen) atoms. The number of methoxy groups -OCH3 is 1. The van der Waals surface area contributed by atoms with E-state index in [9.17, 15) is 4.79 Å². The van der Waals surface area contributed by atoms with Crippen LogP contribution in [0.4, 0.5) is 5.69 Å². The molecule has 0 unspecified atom stereocenters. The molecule has 0 saturated heterocycles. The van der Waals surface area contributed by atoms with Gasteiger partial charge in [-0.2, -0.15) is 0 Å². The summed E-state index contributed by atoms with van der Waals surface area (Å²) < 4.78 is 10.7. The van der Waals surface area contributed by atoms with Gasteiger partial charge in [0, 0.05) is 57.4 Å². The molecule has 0 saturated carbocycles. The number of nitrogens with zero attached hydrogens (tertiary/aromatic N) is 2. The SMILES string of the molecule is CCNC(=NCCNC(=O)c1cccnc1)Nc1cccc(OCCCOC)c1. The highest BCUT2D eigenvalue weighted by Gasteiger charge is 2.04. The second-order valence-corrected chi connectivity index (χ2v) is 6.11. The maximum absolute atomic E-state index is 12.0. The summed E-state index contributed by atoms with van der Waals surface area (Å²) in [5.41, 5.74) is 1.40. The number of anilines is 1. The molecule has 1 heterocycles. The number of ether oxygens (including phenoxy) is 2. The zero-order valence-electron chi connectivity index (χ0n) is 17.0. The number of amides is 1. The summed E-state index contributed by atoms with van der Waals surface area (Å²) in [6, 6.07) is 11.2. The molecule has 0 aliphatic heterocycles. The Labute approximate surface area is 171 Å². The number of hydrogen-bond donors (Lipinski definition) is 3. The highest BCUT2D eigenvalue weighted by Crippen LogP contribution is 2.17. The molecular formula is C21H29N5O3. The maximum atomic E-state index is 12.0. The van der Waals surface area contributed by atoms with E-state index in [1.807, 2.05) is 31.2 Å². The van der Waals surface area contributed by atoms with E-state index in [-0.39, 0.29) is 5.91 Å². The van der Waals surface area contributed by atoms with Crippen molar-refractivity contribution in [1.82, 2.24) is 15.6 Å². The van der Waals surface area contributed by atoms with E-state index in [0.29, 0.717) is 37.8 Å². The van der Waals surface area contributed by atoms with Crippen LogP contribution < -0.4 is 20.7 Å². The predicted molar refractivity (Wildman–Crippen MR) is 115 cm³/mol. The Hall–Kier alpha value is -3.13. The molecule has 0 radical (unpaired) electrons. The lowest BCUT2D eigenvalue weighted by Gasteiger charge is -2.13. The Morgan fingerprint density at radius 1 is 1.17 bits per heavy atom. The van der Waals surface area contributed by atoms with Crippen molar-refractivity contribution in [2.45, 2.75) is 13.3 Å². The number of guanidine groups is 1. The minimum absolute atomic E-state index is 0.162. The first-order valence-electron chi connectivity index (χ1n) is 9.68. The topological polar surface area (TPSA) is 96.9 Å². The van der Waals surface area contributed by atoms with Gasteiger partial charge >= 0.3 is 0 Å². The van der Waals surface area contributed by atoms with Crippen LogP contribution in [0, 0.1) is 0 Å². The van der Waals surface area contributed by atoms with Crippen molar-refractivity contribution < 1.29 is 14.3 Å². The van der Waals surface area contributed by atoms with Crippen molar-refractivity contribution >= 4 is 17.6 Å². The Morgan fingerprint density at radius 2 is 2.07 bits per heavy atom. The highest BCUT2D eigenvalue weighted by atomic mass is 16.5. The summed E-state index contributed by atoms with van der Waals surface area (Å²) in [7, 11) is 1.68. The summed E-state index contributed by atoms with van der Waals surface area (Å²) in [6.45, 7) is 4.86. The van der Waals surface area contributed by atoms with Crippen molar-refractivity contribution in [2.75, 3.05) is 45.3 Å². The molecule has 1 amide bonds. The summed E-state index contributed by atoms with van der Waals surface area (Å²) in [6.07, 6.45) is 4.01. The molecule has 1 aromatic heterocycles. The van der Waals surface area contributed by atoms with Crippen LogP contribution in [0.3, 0.4) is 0 Å². The number of aliphatic imine (C=N–C) groups is 1. The standard InChI is InChI=1S/C21H29N5O3/c1-3-23-21(25-12-11-24-20(27)17-7-5-10-22-16-17)26-18-8-4-9-19(15-18)29-14-6-13-28-2/h4-5,7-10,15-16H,3,6,11-14H2,1-2H3,(H,24,27)(H2,23,25,26). The summed E-state index contributed by atoms with van der Waals surface area (Å²) in [4.78, 5) is 20.5. The second kappa shape index (κ2) is 13.1. The van der Waals surface area contributed by atoms with Gasteiger partial charge in [-0.3, -0.25) is 14.8 Å². The van der Waals surface area contributed by atoms with Gasteiger partial charge in [0.1, 0.15) is 5.75 Å². The van der Waals surface area contributed by atoms with Crippen molar-refractivity contribution in [2.24, 2.45) is 4.99 Å². The number of hydrogen-bond acceptors (Lipinski definition) is 5. The third-order valence-electron chi connectivity index (χ3n) is 3.79. The molecule has 0 aliphatic carbocycles. The fourth-order valence-electron chi connectivity index (χ4n) is 2.44. The maximum Gasteiger partial charge on any atom is 0.252 e. The molecule has 0 atom stereocenters. The Kier molecular flexibility index (Phi) is 10.0. The molecule has 0 bridgehead atoms. The van der Waals surface area contributed by atoms with Crippen molar-refractivity contribution in [1.29, 1.82) is 0 Å². The fraction of sp³-hybridized carbons (Fsp3) is 0.381. The minimum Gasteiger partial charge on any atom is -0.493 e. The van der Waals surface area contributed by atoms with Crippen LogP contribution in [0.25, 0.3) is 0 Å². The molecule has 3 N–H and O–H groups in total. The van der Waals surface area contributed by atoms with Crippen molar-refractivity contribution in [3.8, 4) is 5.75 Å². The molecular weight excluding hydrogens is 370 g/mol. The smallest absolute Gasteiger partial charge is 0.252 e. The lowest BCUT2D eigenvalue weighted by molar-refractivity contribution is 0.0954.